The van der Waals surface area contributed by atoms with Gasteiger partial charge in [0, 0.05) is 6.42 Å². The molecule has 2 aliphatic carbocycles. The number of hydrogen-bond acceptors (Lipinski definition) is 1. The highest BCUT2D eigenvalue weighted by Gasteiger charge is 2.34. The summed E-state index contributed by atoms with van der Waals surface area (Å²) in [5, 5.41) is 0. The van der Waals surface area contributed by atoms with Crippen LogP contribution in [-0.4, -0.2) is 5.78 Å². The molecule has 0 saturated heterocycles. The quantitative estimate of drug-likeness (QED) is 0.672. The zero-order valence-electron chi connectivity index (χ0n) is 8.68. The average Bonchev–Trinajstić information content (AvgIpc) is 2.47. The number of carbonyl (C=O) groups excluding carboxylic acids is 1. The third-order valence-corrected chi connectivity index (χ3v) is 5.22. The lowest BCUT2D eigenvalue weighted by molar-refractivity contribution is -0.114. The summed E-state index contributed by atoms with van der Waals surface area (Å²) >= 11 is 2.23. The summed E-state index contributed by atoms with van der Waals surface area (Å²) in [7, 11) is 0. The lowest BCUT2D eigenvalue weighted by Crippen LogP contribution is -2.17. The molecular formula is C12H17IO. The minimum Gasteiger partial charge on any atom is -0.294 e. The Hall–Kier alpha value is 0.140. The van der Waals surface area contributed by atoms with Crippen LogP contribution in [0, 0.1) is 11.8 Å². The van der Waals surface area contributed by atoms with Gasteiger partial charge in [0.25, 0.3) is 0 Å². The van der Waals surface area contributed by atoms with Crippen LogP contribution in [0.5, 0.6) is 0 Å². The molecule has 1 atom stereocenters. The summed E-state index contributed by atoms with van der Waals surface area (Å²) in [4.78, 5) is 11.6. The van der Waals surface area contributed by atoms with Crippen LogP contribution >= 0.6 is 22.6 Å². The van der Waals surface area contributed by atoms with Gasteiger partial charge in [-0.1, -0.05) is 24.8 Å². The minimum atomic E-state index is 0.388. The first-order valence-corrected chi connectivity index (χ1v) is 6.67. The maximum Gasteiger partial charge on any atom is 0.169 e. The number of hydrogen-bond donors (Lipinski definition) is 0. The lowest BCUT2D eigenvalue weighted by atomic mass is 9.77. The topological polar surface area (TPSA) is 17.1 Å². The summed E-state index contributed by atoms with van der Waals surface area (Å²) < 4.78 is 1.03. The molecule has 14 heavy (non-hydrogen) atoms. The van der Waals surface area contributed by atoms with Crippen molar-refractivity contribution in [3.8, 4) is 0 Å². The SMILES string of the molecule is CC1=C(I)C(=O)CC1C1CCCCC1. The molecule has 1 unspecified atom stereocenters. The van der Waals surface area contributed by atoms with Gasteiger partial charge in [-0.15, -0.1) is 0 Å². The van der Waals surface area contributed by atoms with E-state index in [2.05, 4.69) is 29.5 Å². The van der Waals surface area contributed by atoms with Crippen LogP contribution in [0.15, 0.2) is 9.15 Å². The fourth-order valence-electron chi connectivity index (χ4n) is 2.88. The van der Waals surface area contributed by atoms with E-state index in [1.165, 1.54) is 37.7 Å². The molecule has 0 aliphatic heterocycles. The number of rotatable bonds is 1. The van der Waals surface area contributed by atoms with Gasteiger partial charge in [0.2, 0.25) is 0 Å². The van der Waals surface area contributed by atoms with Crippen molar-refractivity contribution in [3.05, 3.63) is 9.15 Å². The van der Waals surface area contributed by atoms with E-state index in [1.54, 1.807) is 0 Å². The minimum absolute atomic E-state index is 0.388. The van der Waals surface area contributed by atoms with Crippen LogP contribution in [0.4, 0.5) is 0 Å². The first-order chi connectivity index (χ1) is 6.70. The Morgan fingerprint density at radius 2 is 1.86 bits per heavy atom. The monoisotopic (exact) mass is 304 g/mol. The average molecular weight is 304 g/mol. The highest BCUT2D eigenvalue weighted by molar-refractivity contribution is 14.1. The first kappa shape index (κ1) is 10.7. The standard InChI is InChI=1S/C12H17IO/c1-8-10(7-11(14)12(8)13)9-5-3-2-4-6-9/h9-10H,2-7H2,1H3. The van der Waals surface area contributed by atoms with Crippen LogP contribution in [0.25, 0.3) is 0 Å². The Labute approximate surface area is 99.5 Å². The second kappa shape index (κ2) is 4.33. The van der Waals surface area contributed by atoms with Gasteiger partial charge in [0.1, 0.15) is 0 Å². The van der Waals surface area contributed by atoms with E-state index >= 15 is 0 Å². The molecule has 2 heteroatoms. The van der Waals surface area contributed by atoms with Crippen molar-refractivity contribution in [2.75, 3.05) is 0 Å². The zero-order valence-corrected chi connectivity index (χ0v) is 10.8. The van der Waals surface area contributed by atoms with E-state index in [1.807, 2.05) is 0 Å². The number of halogens is 1. The van der Waals surface area contributed by atoms with E-state index in [0.29, 0.717) is 11.7 Å². The molecule has 0 heterocycles. The molecule has 0 radical (unpaired) electrons. The molecule has 0 spiro atoms. The Morgan fingerprint density at radius 1 is 1.21 bits per heavy atom. The fraction of sp³-hybridized carbons (Fsp3) is 0.750. The number of ketones is 1. The zero-order chi connectivity index (χ0) is 10.1. The number of Topliss-reactive ketones (excluding diaryl/α,β-unsaturated/α-hetero) is 1. The molecule has 2 rings (SSSR count). The van der Waals surface area contributed by atoms with Gasteiger partial charge >= 0.3 is 0 Å². The van der Waals surface area contributed by atoms with Crippen molar-refractivity contribution >= 4 is 28.4 Å². The molecule has 1 nitrogen and oxygen atoms in total. The summed E-state index contributed by atoms with van der Waals surface area (Å²) in [6.07, 6.45) is 7.64. The summed E-state index contributed by atoms with van der Waals surface area (Å²) in [6.45, 7) is 2.16. The van der Waals surface area contributed by atoms with Crippen molar-refractivity contribution in [1.82, 2.24) is 0 Å². The van der Waals surface area contributed by atoms with Crippen LogP contribution in [-0.2, 0) is 4.79 Å². The van der Waals surface area contributed by atoms with Crippen LogP contribution in [0.1, 0.15) is 45.4 Å². The van der Waals surface area contributed by atoms with Crippen LogP contribution < -0.4 is 0 Å². The number of allylic oxidation sites excluding steroid dienone is 2. The Bertz CT molecular complexity index is 274. The van der Waals surface area contributed by atoms with E-state index in [-0.39, 0.29) is 0 Å². The second-order valence-electron chi connectivity index (χ2n) is 4.63. The third-order valence-electron chi connectivity index (χ3n) is 3.77. The molecule has 0 amide bonds. The predicted octanol–water partition coefficient (Wildman–Crippen LogP) is 3.86. The van der Waals surface area contributed by atoms with Crippen molar-refractivity contribution in [3.63, 3.8) is 0 Å². The van der Waals surface area contributed by atoms with Gasteiger partial charge in [-0.3, -0.25) is 4.79 Å². The molecule has 0 aromatic carbocycles. The lowest BCUT2D eigenvalue weighted by Gasteiger charge is -2.27. The van der Waals surface area contributed by atoms with Crippen molar-refractivity contribution < 1.29 is 4.79 Å². The Balaban J connectivity index is 2.09. The molecule has 2 aliphatic rings. The summed E-state index contributed by atoms with van der Waals surface area (Å²) in [5.41, 5.74) is 1.38. The molecule has 0 N–H and O–H groups in total. The van der Waals surface area contributed by atoms with E-state index in [9.17, 15) is 4.79 Å². The fourth-order valence-corrected chi connectivity index (χ4v) is 3.50. The molecule has 1 saturated carbocycles. The molecular weight excluding hydrogens is 287 g/mol. The second-order valence-corrected chi connectivity index (χ2v) is 5.71. The van der Waals surface area contributed by atoms with Gasteiger partial charge < -0.3 is 0 Å². The first-order valence-electron chi connectivity index (χ1n) is 5.59. The van der Waals surface area contributed by atoms with E-state index in [4.69, 9.17) is 0 Å². The van der Waals surface area contributed by atoms with Crippen LogP contribution in [0.3, 0.4) is 0 Å². The van der Waals surface area contributed by atoms with E-state index in [0.717, 1.165) is 15.9 Å². The normalized spacial score (nSPS) is 30.1. The maximum atomic E-state index is 11.6. The van der Waals surface area contributed by atoms with Gasteiger partial charge in [-0.2, -0.15) is 0 Å². The molecule has 1 fully saturated rings. The largest absolute Gasteiger partial charge is 0.294 e. The maximum absolute atomic E-state index is 11.6. The molecule has 78 valence electrons. The van der Waals surface area contributed by atoms with Crippen LogP contribution in [0.2, 0.25) is 0 Å². The molecule has 0 bridgehead atoms. The molecule has 0 aromatic heterocycles. The van der Waals surface area contributed by atoms with Gasteiger partial charge in [0.05, 0.1) is 3.58 Å². The number of carbonyl (C=O) groups is 1. The van der Waals surface area contributed by atoms with Gasteiger partial charge in [-0.05, 0) is 54.2 Å². The van der Waals surface area contributed by atoms with Gasteiger partial charge in [-0.25, -0.2) is 0 Å². The van der Waals surface area contributed by atoms with Crippen molar-refractivity contribution in [1.29, 1.82) is 0 Å². The van der Waals surface area contributed by atoms with E-state index < -0.39 is 0 Å². The smallest absolute Gasteiger partial charge is 0.169 e. The predicted molar refractivity (Wildman–Crippen MR) is 66.4 cm³/mol. The van der Waals surface area contributed by atoms with Crippen molar-refractivity contribution in [2.45, 2.75) is 45.4 Å². The summed E-state index contributed by atoms with van der Waals surface area (Å²) in [6, 6.07) is 0. The third kappa shape index (κ3) is 1.90. The Morgan fingerprint density at radius 3 is 2.36 bits per heavy atom. The Kier molecular flexibility index (Phi) is 3.30. The summed E-state index contributed by atoms with van der Waals surface area (Å²) in [5.74, 6) is 1.79. The molecule has 0 aromatic rings. The van der Waals surface area contributed by atoms with Crippen molar-refractivity contribution in [2.24, 2.45) is 11.8 Å². The highest BCUT2D eigenvalue weighted by atomic mass is 127. The highest BCUT2D eigenvalue weighted by Crippen LogP contribution is 2.42. The van der Waals surface area contributed by atoms with Gasteiger partial charge in [0.15, 0.2) is 5.78 Å².